The fourth-order valence-electron chi connectivity index (χ4n) is 3.41. The van der Waals surface area contributed by atoms with Crippen LogP contribution in [0.15, 0.2) is 12.1 Å². The Morgan fingerprint density at radius 2 is 1.88 bits per heavy atom. The van der Waals surface area contributed by atoms with Crippen molar-refractivity contribution >= 4 is 52.6 Å². The maximum absolute atomic E-state index is 12.2. The van der Waals surface area contributed by atoms with Gasteiger partial charge in [0.1, 0.15) is 0 Å². The largest absolute Gasteiger partial charge is 0.480 e. The van der Waals surface area contributed by atoms with Gasteiger partial charge in [-0.1, -0.05) is 34.8 Å². The van der Waals surface area contributed by atoms with Crippen LogP contribution in [0, 0.1) is 11.8 Å². The first-order valence-electron chi connectivity index (χ1n) is 6.84. The minimum atomic E-state index is -2.01. The number of amides is 2. The Hall–Kier alpha value is -1.38. The Morgan fingerprint density at radius 1 is 1.21 bits per heavy atom. The molecule has 7 nitrogen and oxygen atoms in total. The fourth-order valence-corrected chi connectivity index (χ4v) is 4.14. The van der Waals surface area contributed by atoms with Crippen LogP contribution in [0.4, 0.5) is 0 Å². The van der Waals surface area contributed by atoms with E-state index in [0.717, 1.165) is 0 Å². The van der Waals surface area contributed by atoms with Crippen LogP contribution in [0.25, 0.3) is 0 Å². The number of nitrogens with one attached hydrogen (secondary N) is 2. The molecule has 2 heterocycles. The van der Waals surface area contributed by atoms with E-state index < -0.39 is 47.8 Å². The van der Waals surface area contributed by atoms with E-state index in [2.05, 4.69) is 10.6 Å². The molecule has 24 heavy (non-hydrogen) atoms. The molecule has 3 rings (SSSR count). The number of aliphatic hydroxyl groups is 1. The van der Waals surface area contributed by atoms with Crippen molar-refractivity contribution < 1.29 is 24.6 Å². The van der Waals surface area contributed by atoms with Gasteiger partial charge in [0.05, 0.1) is 28.5 Å². The number of halogens is 3. The molecule has 1 aromatic carbocycles. The zero-order chi connectivity index (χ0) is 17.8. The number of aliphatic carboxylic acids is 1. The van der Waals surface area contributed by atoms with Crippen LogP contribution < -0.4 is 10.6 Å². The van der Waals surface area contributed by atoms with Gasteiger partial charge in [0.15, 0.2) is 5.54 Å². The fraction of sp³-hybridized carbons (Fsp3) is 0.357. The highest BCUT2D eigenvalue weighted by atomic mass is 35.5. The number of imide groups is 1. The summed E-state index contributed by atoms with van der Waals surface area (Å²) in [6, 6.07) is 1.89. The summed E-state index contributed by atoms with van der Waals surface area (Å²) in [6.07, 6.45) is 0. The predicted molar refractivity (Wildman–Crippen MR) is 84.9 cm³/mol. The van der Waals surface area contributed by atoms with Crippen molar-refractivity contribution in [2.75, 3.05) is 6.61 Å². The van der Waals surface area contributed by atoms with E-state index in [1.54, 1.807) is 0 Å². The molecule has 2 aliphatic rings. The smallest absolute Gasteiger partial charge is 0.327 e. The third-order valence-corrected chi connectivity index (χ3v) is 5.52. The van der Waals surface area contributed by atoms with Crippen LogP contribution in [0.2, 0.25) is 15.1 Å². The molecule has 0 bridgehead atoms. The van der Waals surface area contributed by atoms with Crippen molar-refractivity contribution in [1.82, 2.24) is 10.6 Å². The van der Waals surface area contributed by atoms with Crippen molar-refractivity contribution in [1.29, 1.82) is 0 Å². The van der Waals surface area contributed by atoms with Gasteiger partial charge in [-0.2, -0.15) is 0 Å². The molecule has 0 saturated carbocycles. The number of aliphatic hydroxyl groups excluding tert-OH is 1. The molecule has 4 unspecified atom stereocenters. The van der Waals surface area contributed by atoms with Gasteiger partial charge in [0.2, 0.25) is 11.8 Å². The second kappa shape index (κ2) is 5.86. The molecule has 0 aliphatic carbocycles. The predicted octanol–water partition coefficient (Wildman–Crippen LogP) is 0.996. The molecule has 128 valence electrons. The van der Waals surface area contributed by atoms with Crippen LogP contribution >= 0.6 is 34.8 Å². The maximum atomic E-state index is 12.2. The van der Waals surface area contributed by atoms with Crippen molar-refractivity contribution in [2.24, 2.45) is 11.8 Å². The van der Waals surface area contributed by atoms with E-state index in [1.807, 2.05) is 0 Å². The molecule has 0 spiro atoms. The monoisotopic (exact) mass is 392 g/mol. The third-order valence-electron chi connectivity index (χ3n) is 4.48. The number of rotatable bonds is 3. The summed E-state index contributed by atoms with van der Waals surface area (Å²) in [5.74, 6) is -5.21. The minimum Gasteiger partial charge on any atom is -0.480 e. The third kappa shape index (κ3) is 2.31. The Morgan fingerprint density at radius 3 is 2.46 bits per heavy atom. The van der Waals surface area contributed by atoms with Gasteiger partial charge in [-0.15, -0.1) is 0 Å². The first kappa shape index (κ1) is 17.4. The minimum absolute atomic E-state index is 0.0867. The number of hydrogen-bond acceptors (Lipinski definition) is 5. The van der Waals surface area contributed by atoms with Gasteiger partial charge in [-0.3, -0.25) is 25.0 Å². The summed E-state index contributed by atoms with van der Waals surface area (Å²) in [7, 11) is 0. The molecular weight excluding hydrogens is 383 g/mol. The molecule has 2 amide bonds. The molecule has 0 aromatic heterocycles. The lowest BCUT2D eigenvalue weighted by Gasteiger charge is -2.27. The molecule has 4 N–H and O–H groups in total. The summed E-state index contributed by atoms with van der Waals surface area (Å²) in [6.45, 7) is -0.882. The first-order chi connectivity index (χ1) is 11.2. The van der Waals surface area contributed by atoms with E-state index in [0.29, 0.717) is 0 Å². The second-order valence-electron chi connectivity index (χ2n) is 5.70. The van der Waals surface area contributed by atoms with Crippen LogP contribution in [0.5, 0.6) is 0 Å². The van der Waals surface area contributed by atoms with Gasteiger partial charge in [0.25, 0.3) is 0 Å². The van der Waals surface area contributed by atoms with Crippen molar-refractivity contribution in [2.45, 2.75) is 11.6 Å². The highest BCUT2D eigenvalue weighted by Gasteiger charge is 2.66. The normalized spacial score (nSPS) is 31.9. The van der Waals surface area contributed by atoms with Gasteiger partial charge < -0.3 is 10.2 Å². The number of fused-ring (bicyclic) bond motifs is 1. The number of carboxylic acids is 1. The van der Waals surface area contributed by atoms with Gasteiger partial charge in [-0.05, 0) is 17.7 Å². The quantitative estimate of drug-likeness (QED) is 0.450. The van der Waals surface area contributed by atoms with Crippen LogP contribution in [0.1, 0.15) is 11.6 Å². The zero-order valence-electron chi connectivity index (χ0n) is 11.8. The van der Waals surface area contributed by atoms with Crippen molar-refractivity contribution in [3.8, 4) is 0 Å². The highest BCUT2D eigenvalue weighted by molar-refractivity contribution is 6.43. The Bertz CT molecular complexity index is 771. The standard InChI is InChI=1S/C14H11Cl3N2O5/c15-4-1-5(9(17)6(16)2-4)10-7-8(12(22)18-11(7)21)14(3-20,19-10)13(23)24/h1-2,7-8,10,19-20H,3H2,(H,23,24)(H,18,21,22). The summed E-state index contributed by atoms with van der Waals surface area (Å²) in [4.78, 5) is 36.1. The number of carboxylic acid groups (broad SMARTS) is 1. The van der Waals surface area contributed by atoms with Gasteiger partial charge >= 0.3 is 5.97 Å². The first-order valence-corrected chi connectivity index (χ1v) is 7.97. The molecule has 10 heteroatoms. The molecule has 2 aliphatic heterocycles. The van der Waals surface area contributed by atoms with E-state index >= 15 is 0 Å². The number of benzene rings is 1. The Labute approximate surface area is 150 Å². The second-order valence-corrected chi connectivity index (χ2v) is 6.93. The van der Waals surface area contributed by atoms with Crippen LogP contribution in [0.3, 0.4) is 0 Å². The number of hydrogen-bond donors (Lipinski definition) is 4. The summed E-state index contributed by atoms with van der Waals surface area (Å²) >= 11 is 18.1. The lowest BCUT2D eigenvalue weighted by molar-refractivity contribution is -0.151. The number of carbonyl (C=O) groups excluding carboxylic acids is 2. The lowest BCUT2D eigenvalue weighted by Crippen LogP contribution is -2.58. The van der Waals surface area contributed by atoms with Gasteiger partial charge in [0, 0.05) is 11.1 Å². The van der Waals surface area contributed by atoms with Crippen molar-refractivity contribution in [3.63, 3.8) is 0 Å². The van der Waals surface area contributed by atoms with E-state index in [9.17, 15) is 24.6 Å². The van der Waals surface area contributed by atoms with Crippen LogP contribution in [-0.2, 0) is 14.4 Å². The molecule has 2 saturated heterocycles. The molecular formula is C14H11Cl3N2O5. The van der Waals surface area contributed by atoms with E-state index in [4.69, 9.17) is 34.8 Å². The SMILES string of the molecule is O=C1NC(=O)C2C1C(c1cc(Cl)cc(Cl)c1Cl)NC2(CO)C(=O)O. The lowest BCUT2D eigenvalue weighted by atomic mass is 9.79. The van der Waals surface area contributed by atoms with E-state index in [1.165, 1.54) is 12.1 Å². The summed E-state index contributed by atoms with van der Waals surface area (Å²) < 4.78 is 0. The van der Waals surface area contributed by atoms with Gasteiger partial charge in [-0.25, -0.2) is 0 Å². The number of carbonyl (C=O) groups is 3. The Kier molecular flexibility index (Phi) is 4.26. The van der Waals surface area contributed by atoms with Crippen molar-refractivity contribution in [3.05, 3.63) is 32.8 Å². The van der Waals surface area contributed by atoms with E-state index in [-0.39, 0.29) is 20.6 Å². The molecule has 0 radical (unpaired) electrons. The molecule has 4 atom stereocenters. The highest BCUT2D eigenvalue weighted by Crippen LogP contribution is 2.48. The average molecular weight is 394 g/mol. The maximum Gasteiger partial charge on any atom is 0.327 e. The topological polar surface area (TPSA) is 116 Å². The molecule has 2 fully saturated rings. The average Bonchev–Trinajstić information content (AvgIpc) is 3.00. The Balaban J connectivity index is 2.19. The van der Waals surface area contributed by atoms with Crippen LogP contribution in [-0.4, -0.2) is 40.1 Å². The molecule has 1 aromatic rings. The summed E-state index contributed by atoms with van der Waals surface area (Å²) in [5.41, 5.74) is -1.73. The summed E-state index contributed by atoms with van der Waals surface area (Å²) in [5, 5.41) is 24.5. The zero-order valence-corrected chi connectivity index (χ0v) is 14.1.